The predicted molar refractivity (Wildman–Crippen MR) is 76.4 cm³/mol. The first kappa shape index (κ1) is 13.3. The van der Waals surface area contributed by atoms with Crippen molar-refractivity contribution in [3.05, 3.63) is 47.6 Å². The molecule has 3 rings (SSSR count). The largest absolute Gasteiger partial charge is 0.338 e. The van der Waals surface area contributed by atoms with Crippen molar-refractivity contribution in [3.8, 4) is 0 Å². The van der Waals surface area contributed by atoms with Gasteiger partial charge < -0.3 is 9.84 Å². The van der Waals surface area contributed by atoms with Gasteiger partial charge in [-0.25, -0.2) is 0 Å². The monoisotopic (exact) mass is 272 g/mol. The van der Waals surface area contributed by atoms with Gasteiger partial charge in [0.25, 0.3) is 0 Å². The number of nitrogens with zero attached hydrogens (tertiary/aromatic N) is 3. The van der Waals surface area contributed by atoms with Crippen LogP contribution in [0.15, 0.2) is 34.9 Å². The van der Waals surface area contributed by atoms with Crippen molar-refractivity contribution < 1.29 is 4.52 Å². The maximum atomic E-state index is 5.43. The maximum Gasteiger partial charge on any atom is 0.243 e. The normalized spacial score (nSPS) is 18.1. The van der Waals surface area contributed by atoms with Crippen LogP contribution in [0.2, 0.25) is 0 Å². The van der Waals surface area contributed by atoms with Crippen molar-refractivity contribution in [2.75, 3.05) is 26.2 Å². The predicted octanol–water partition coefficient (Wildman–Crippen LogP) is 1.63. The highest BCUT2D eigenvalue weighted by Crippen LogP contribution is 2.19. The van der Waals surface area contributed by atoms with Crippen molar-refractivity contribution >= 4 is 0 Å². The van der Waals surface area contributed by atoms with Crippen LogP contribution in [-0.4, -0.2) is 41.2 Å². The Kier molecular flexibility index (Phi) is 4.08. The Morgan fingerprint density at radius 3 is 2.75 bits per heavy atom. The average molecular weight is 272 g/mol. The van der Waals surface area contributed by atoms with Crippen LogP contribution in [0.1, 0.15) is 30.2 Å². The minimum Gasteiger partial charge on any atom is -0.338 e. The number of benzene rings is 1. The zero-order valence-electron chi connectivity index (χ0n) is 11.7. The van der Waals surface area contributed by atoms with Gasteiger partial charge in [0.15, 0.2) is 5.82 Å². The number of nitrogens with one attached hydrogen (secondary N) is 1. The Hall–Kier alpha value is -1.72. The second-order valence-corrected chi connectivity index (χ2v) is 5.17. The minimum atomic E-state index is 0.189. The van der Waals surface area contributed by atoms with Gasteiger partial charge in [0.2, 0.25) is 5.89 Å². The summed E-state index contributed by atoms with van der Waals surface area (Å²) in [7, 11) is 0. The van der Waals surface area contributed by atoms with Crippen molar-refractivity contribution in [2.45, 2.75) is 19.4 Å². The van der Waals surface area contributed by atoms with Crippen molar-refractivity contribution in [1.82, 2.24) is 20.4 Å². The Bertz CT molecular complexity index is 534. The van der Waals surface area contributed by atoms with Gasteiger partial charge in [-0.15, -0.1) is 0 Å². The first-order valence-electron chi connectivity index (χ1n) is 7.14. The summed E-state index contributed by atoms with van der Waals surface area (Å²) >= 11 is 0. The van der Waals surface area contributed by atoms with Crippen LogP contribution < -0.4 is 5.32 Å². The van der Waals surface area contributed by atoms with E-state index in [2.05, 4.69) is 39.4 Å². The van der Waals surface area contributed by atoms with Crippen LogP contribution in [0.4, 0.5) is 0 Å². The lowest BCUT2D eigenvalue weighted by molar-refractivity contribution is 0.154. The summed E-state index contributed by atoms with van der Waals surface area (Å²) in [6, 6.07) is 10.4. The summed E-state index contributed by atoms with van der Waals surface area (Å²) in [6.07, 6.45) is 0.721. The Balaban J connectivity index is 1.66. The molecule has 1 atom stereocenters. The first-order chi connectivity index (χ1) is 9.83. The van der Waals surface area contributed by atoms with Gasteiger partial charge >= 0.3 is 0 Å². The van der Waals surface area contributed by atoms with Crippen LogP contribution >= 0.6 is 0 Å². The van der Waals surface area contributed by atoms with E-state index in [0.29, 0.717) is 0 Å². The topological polar surface area (TPSA) is 54.2 Å². The van der Waals surface area contributed by atoms with Gasteiger partial charge in [-0.05, 0) is 12.5 Å². The quantitative estimate of drug-likeness (QED) is 0.916. The minimum absolute atomic E-state index is 0.189. The van der Waals surface area contributed by atoms with E-state index >= 15 is 0 Å². The third kappa shape index (κ3) is 3.05. The standard InChI is InChI=1S/C15H20N4O/c1-12(19-9-7-16-8-10-19)15-17-14(18-20-15)11-13-5-3-2-4-6-13/h2-6,12,16H,7-11H2,1H3. The van der Waals surface area contributed by atoms with Crippen LogP contribution in [0.3, 0.4) is 0 Å². The van der Waals surface area contributed by atoms with Crippen molar-refractivity contribution in [3.63, 3.8) is 0 Å². The SMILES string of the molecule is CC(c1nc(Cc2ccccc2)no1)N1CCNCC1. The van der Waals surface area contributed by atoms with Gasteiger partial charge in [0.05, 0.1) is 6.04 Å². The van der Waals surface area contributed by atoms with Crippen LogP contribution in [0.5, 0.6) is 0 Å². The molecule has 0 radical (unpaired) electrons. The zero-order chi connectivity index (χ0) is 13.8. The molecule has 1 aromatic carbocycles. The molecular weight excluding hydrogens is 252 g/mol. The van der Waals surface area contributed by atoms with E-state index in [9.17, 15) is 0 Å². The molecule has 1 aliphatic rings. The van der Waals surface area contributed by atoms with E-state index in [1.807, 2.05) is 18.2 Å². The van der Waals surface area contributed by atoms with E-state index in [1.54, 1.807) is 0 Å². The number of hydrogen-bond donors (Lipinski definition) is 1. The molecule has 1 unspecified atom stereocenters. The molecule has 5 nitrogen and oxygen atoms in total. The van der Waals surface area contributed by atoms with E-state index in [0.717, 1.165) is 44.3 Å². The summed E-state index contributed by atoms with van der Waals surface area (Å²) in [5, 5.41) is 7.45. The zero-order valence-corrected chi connectivity index (χ0v) is 11.7. The average Bonchev–Trinajstić information content (AvgIpc) is 2.97. The lowest BCUT2D eigenvalue weighted by atomic mass is 10.1. The number of aromatic nitrogens is 2. The molecule has 1 fully saturated rings. The third-order valence-corrected chi connectivity index (χ3v) is 3.75. The van der Waals surface area contributed by atoms with Gasteiger partial charge in [0, 0.05) is 32.6 Å². The highest BCUT2D eigenvalue weighted by Gasteiger charge is 2.22. The fourth-order valence-corrected chi connectivity index (χ4v) is 2.51. The highest BCUT2D eigenvalue weighted by atomic mass is 16.5. The van der Waals surface area contributed by atoms with Crippen LogP contribution in [-0.2, 0) is 6.42 Å². The van der Waals surface area contributed by atoms with E-state index in [1.165, 1.54) is 5.56 Å². The molecule has 0 saturated carbocycles. The molecule has 106 valence electrons. The Morgan fingerprint density at radius 1 is 1.25 bits per heavy atom. The summed E-state index contributed by atoms with van der Waals surface area (Å²) in [5.41, 5.74) is 1.20. The lowest BCUT2D eigenvalue weighted by Gasteiger charge is -2.30. The third-order valence-electron chi connectivity index (χ3n) is 3.75. The Morgan fingerprint density at radius 2 is 2.00 bits per heavy atom. The molecule has 0 spiro atoms. The van der Waals surface area contributed by atoms with Gasteiger partial charge in [-0.2, -0.15) is 4.98 Å². The smallest absolute Gasteiger partial charge is 0.243 e. The number of hydrogen-bond acceptors (Lipinski definition) is 5. The molecular formula is C15H20N4O. The molecule has 1 aliphatic heterocycles. The van der Waals surface area contributed by atoms with Gasteiger partial charge in [-0.1, -0.05) is 35.5 Å². The Labute approximate surface area is 119 Å². The van der Waals surface area contributed by atoms with E-state index in [4.69, 9.17) is 4.52 Å². The molecule has 20 heavy (non-hydrogen) atoms. The summed E-state index contributed by atoms with van der Waals surface area (Å²) in [6.45, 7) is 6.23. The first-order valence-corrected chi connectivity index (χ1v) is 7.14. The second kappa shape index (κ2) is 6.15. The second-order valence-electron chi connectivity index (χ2n) is 5.17. The fraction of sp³-hybridized carbons (Fsp3) is 0.467. The molecule has 1 saturated heterocycles. The molecule has 0 amide bonds. The fourth-order valence-electron chi connectivity index (χ4n) is 2.51. The maximum absolute atomic E-state index is 5.43. The highest BCUT2D eigenvalue weighted by molar-refractivity contribution is 5.18. The van der Waals surface area contributed by atoms with E-state index < -0.39 is 0 Å². The molecule has 5 heteroatoms. The van der Waals surface area contributed by atoms with E-state index in [-0.39, 0.29) is 6.04 Å². The molecule has 1 aromatic heterocycles. The summed E-state index contributed by atoms with van der Waals surface area (Å²) < 4.78 is 5.43. The molecule has 0 bridgehead atoms. The lowest BCUT2D eigenvalue weighted by Crippen LogP contribution is -2.44. The van der Waals surface area contributed by atoms with Gasteiger partial charge in [0.1, 0.15) is 0 Å². The summed E-state index contributed by atoms with van der Waals surface area (Å²) in [4.78, 5) is 6.91. The summed E-state index contributed by atoms with van der Waals surface area (Å²) in [5.74, 6) is 1.48. The molecule has 2 heterocycles. The van der Waals surface area contributed by atoms with Crippen LogP contribution in [0.25, 0.3) is 0 Å². The molecule has 0 aliphatic carbocycles. The molecule has 1 N–H and O–H groups in total. The molecule has 2 aromatic rings. The van der Waals surface area contributed by atoms with Crippen LogP contribution in [0, 0.1) is 0 Å². The number of piperazine rings is 1. The van der Waals surface area contributed by atoms with Crippen molar-refractivity contribution in [1.29, 1.82) is 0 Å². The van der Waals surface area contributed by atoms with Gasteiger partial charge in [-0.3, -0.25) is 4.90 Å². The number of rotatable bonds is 4. The van der Waals surface area contributed by atoms with Crippen molar-refractivity contribution in [2.24, 2.45) is 0 Å².